The highest BCUT2D eigenvalue weighted by Crippen LogP contribution is 2.12. The van der Waals surface area contributed by atoms with Crippen molar-refractivity contribution in [3.63, 3.8) is 0 Å². The quantitative estimate of drug-likeness (QED) is 0.269. The largest absolute Gasteiger partial charge is 0.394 e. The van der Waals surface area contributed by atoms with E-state index in [0.29, 0.717) is 10.7 Å². The van der Waals surface area contributed by atoms with Crippen molar-refractivity contribution in [3.8, 4) is 0 Å². The molecule has 2 amide bonds. The number of benzene rings is 3. The molecule has 1 heterocycles. The Morgan fingerprint density at radius 2 is 1.03 bits per heavy atom. The van der Waals surface area contributed by atoms with Crippen LogP contribution < -0.4 is 21.3 Å². The first-order valence-corrected chi connectivity index (χ1v) is 11.3. The maximum Gasteiger partial charge on any atom is 0.246 e. The molecule has 35 heavy (non-hydrogen) atoms. The van der Waals surface area contributed by atoms with Gasteiger partial charge in [0, 0.05) is 22.9 Å². The number of amides is 2. The van der Waals surface area contributed by atoms with Crippen LogP contribution in [0.25, 0.3) is 22.9 Å². The standard InChI is InChI=1S/C28H27N3O4/c32-17-25(19-9-3-1-4-10-19)30-27(34)15-23-21-13-7-8-14-22(21)24(29-23)16-28(35)31-26(18-33)20-11-5-2-6-12-20/h1-16,25-26,29,32-33H,17-18H2,(H,30,34)(H,31,35). The Labute approximate surface area is 202 Å². The van der Waals surface area contributed by atoms with Crippen LogP contribution in [-0.4, -0.2) is 40.2 Å². The summed E-state index contributed by atoms with van der Waals surface area (Å²) >= 11 is 0. The second-order valence-electron chi connectivity index (χ2n) is 8.10. The summed E-state index contributed by atoms with van der Waals surface area (Å²) in [6.45, 7) is -0.469. The van der Waals surface area contributed by atoms with Crippen molar-refractivity contribution in [2.75, 3.05) is 13.2 Å². The zero-order chi connectivity index (χ0) is 24.6. The van der Waals surface area contributed by atoms with E-state index in [0.717, 1.165) is 21.9 Å². The van der Waals surface area contributed by atoms with Crippen LogP contribution in [0.15, 0.2) is 84.9 Å². The average molecular weight is 470 g/mol. The first-order valence-electron chi connectivity index (χ1n) is 11.3. The molecule has 0 spiro atoms. The SMILES string of the molecule is O=C(C=c1[nH]c(=CC(=O)NC(CO)c2ccccc2)c2ccccc12)NC(CO)c1ccccc1. The van der Waals surface area contributed by atoms with E-state index in [4.69, 9.17) is 0 Å². The molecule has 4 rings (SSSR count). The van der Waals surface area contributed by atoms with E-state index in [1.807, 2.05) is 84.9 Å². The van der Waals surface area contributed by atoms with Gasteiger partial charge in [0.1, 0.15) is 0 Å². The minimum atomic E-state index is -0.536. The topological polar surface area (TPSA) is 114 Å². The summed E-state index contributed by atoms with van der Waals surface area (Å²) in [6, 6.07) is 24.8. The molecule has 1 aromatic heterocycles. The predicted octanol–water partition coefficient (Wildman–Crippen LogP) is 1.43. The minimum Gasteiger partial charge on any atom is -0.394 e. The number of aromatic amines is 1. The van der Waals surface area contributed by atoms with Gasteiger partial charge in [-0.3, -0.25) is 9.59 Å². The van der Waals surface area contributed by atoms with Gasteiger partial charge in [0.25, 0.3) is 0 Å². The van der Waals surface area contributed by atoms with Crippen LogP contribution in [0.5, 0.6) is 0 Å². The van der Waals surface area contributed by atoms with Gasteiger partial charge in [0.15, 0.2) is 0 Å². The van der Waals surface area contributed by atoms with E-state index in [1.54, 1.807) is 0 Å². The Bertz CT molecular complexity index is 1310. The maximum absolute atomic E-state index is 12.8. The molecule has 178 valence electrons. The molecule has 4 aromatic rings. The second-order valence-corrected chi connectivity index (χ2v) is 8.10. The normalized spacial score (nSPS) is 14.0. The third-order valence-electron chi connectivity index (χ3n) is 5.73. The van der Waals surface area contributed by atoms with Crippen molar-refractivity contribution in [3.05, 3.63) is 107 Å². The van der Waals surface area contributed by atoms with Gasteiger partial charge in [0.05, 0.1) is 36.0 Å². The molecular formula is C28H27N3O4. The molecule has 2 unspecified atom stereocenters. The highest BCUT2D eigenvalue weighted by Gasteiger charge is 2.14. The number of carbonyl (C=O) groups excluding carboxylic acids is 2. The smallest absolute Gasteiger partial charge is 0.246 e. The summed E-state index contributed by atoms with van der Waals surface area (Å²) in [6.07, 6.45) is 2.84. The fourth-order valence-electron chi connectivity index (χ4n) is 3.99. The molecule has 0 aliphatic rings. The summed E-state index contributed by atoms with van der Waals surface area (Å²) in [4.78, 5) is 28.7. The van der Waals surface area contributed by atoms with Gasteiger partial charge < -0.3 is 25.8 Å². The molecule has 7 heteroatoms. The van der Waals surface area contributed by atoms with E-state index >= 15 is 0 Å². The Kier molecular flexibility index (Phi) is 7.72. The highest BCUT2D eigenvalue weighted by atomic mass is 16.3. The summed E-state index contributed by atoms with van der Waals surface area (Å²) in [5, 5.41) is 27.8. The monoisotopic (exact) mass is 469 g/mol. The van der Waals surface area contributed by atoms with Gasteiger partial charge >= 0.3 is 0 Å². The Hall–Kier alpha value is -4.20. The van der Waals surface area contributed by atoms with Crippen LogP contribution in [-0.2, 0) is 9.59 Å². The molecule has 0 saturated heterocycles. The van der Waals surface area contributed by atoms with Crippen LogP contribution in [0.3, 0.4) is 0 Å². The van der Waals surface area contributed by atoms with Crippen molar-refractivity contribution in [1.82, 2.24) is 15.6 Å². The summed E-state index contributed by atoms with van der Waals surface area (Å²) in [7, 11) is 0. The van der Waals surface area contributed by atoms with Crippen molar-refractivity contribution >= 4 is 34.7 Å². The molecular weight excluding hydrogens is 442 g/mol. The number of fused-ring (bicyclic) bond motifs is 1. The molecule has 0 bridgehead atoms. The highest BCUT2D eigenvalue weighted by molar-refractivity contribution is 6.08. The zero-order valence-corrected chi connectivity index (χ0v) is 19.0. The predicted molar refractivity (Wildman–Crippen MR) is 135 cm³/mol. The third-order valence-corrected chi connectivity index (χ3v) is 5.73. The molecule has 3 aromatic carbocycles. The summed E-state index contributed by atoms with van der Waals surface area (Å²) < 4.78 is 0. The van der Waals surface area contributed by atoms with Crippen LogP contribution in [0.1, 0.15) is 23.2 Å². The van der Waals surface area contributed by atoms with Gasteiger partial charge in [-0.15, -0.1) is 0 Å². The first kappa shape index (κ1) is 23.9. The van der Waals surface area contributed by atoms with Crippen molar-refractivity contribution < 1.29 is 19.8 Å². The van der Waals surface area contributed by atoms with Crippen molar-refractivity contribution in [1.29, 1.82) is 0 Å². The second kappa shape index (κ2) is 11.3. The molecule has 0 aliphatic heterocycles. The number of rotatable bonds is 8. The zero-order valence-electron chi connectivity index (χ0n) is 19.0. The number of hydrogen-bond donors (Lipinski definition) is 5. The van der Waals surface area contributed by atoms with E-state index in [2.05, 4.69) is 15.6 Å². The number of hydrogen-bond acceptors (Lipinski definition) is 4. The number of aromatic nitrogens is 1. The van der Waals surface area contributed by atoms with Gasteiger partial charge in [-0.05, 0) is 11.1 Å². The number of nitrogens with one attached hydrogen (secondary N) is 3. The molecule has 2 atom stereocenters. The van der Waals surface area contributed by atoms with Crippen LogP contribution >= 0.6 is 0 Å². The van der Waals surface area contributed by atoms with Gasteiger partial charge in [-0.25, -0.2) is 0 Å². The van der Waals surface area contributed by atoms with Gasteiger partial charge in [0.2, 0.25) is 11.8 Å². The number of carbonyl (C=O) groups is 2. The molecule has 0 saturated carbocycles. The Morgan fingerprint density at radius 1 is 0.657 bits per heavy atom. The summed E-state index contributed by atoms with van der Waals surface area (Å²) in [5.74, 6) is -0.749. The van der Waals surface area contributed by atoms with Crippen LogP contribution in [0.4, 0.5) is 0 Å². The Balaban J connectivity index is 1.61. The fraction of sp³-hybridized carbons (Fsp3) is 0.143. The van der Waals surface area contributed by atoms with Gasteiger partial charge in [-0.2, -0.15) is 0 Å². The minimum absolute atomic E-state index is 0.234. The van der Waals surface area contributed by atoms with Crippen LogP contribution in [0.2, 0.25) is 0 Å². The average Bonchev–Trinajstić information content (AvgIpc) is 3.23. The number of aliphatic hydroxyl groups excluding tert-OH is 2. The maximum atomic E-state index is 12.8. The summed E-state index contributed by atoms with van der Waals surface area (Å²) in [5.41, 5.74) is 1.60. The van der Waals surface area contributed by atoms with Crippen molar-refractivity contribution in [2.45, 2.75) is 12.1 Å². The van der Waals surface area contributed by atoms with E-state index in [-0.39, 0.29) is 25.0 Å². The first-order chi connectivity index (χ1) is 17.1. The molecule has 5 N–H and O–H groups in total. The lowest BCUT2D eigenvalue weighted by molar-refractivity contribution is -0.117. The van der Waals surface area contributed by atoms with E-state index in [1.165, 1.54) is 12.2 Å². The third kappa shape index (κ3) is 5.84. The fourth-order valence-corrected chi connectivity index (χ4v) is 3.99. The molecule has 7 nitrogen and oxygen atoms in total. The van der Waals surface area contributed by atoms with Crippen molar-refractivity contribution in [2.24, 2.45) is 0 Å². The lowest BCUT2D eigenvalue weighted by Gasteiger charge is -2.15. The van der Waals surface area contributed by atoms with E-state index in [9.17, 15) is 19.8 Å². The number of aliphatic hydroxyl groups is 2. The number of H-pyrrole nitrogens is 1. The molecule has 0 fully saturated rings. The van der Waals surface area contributed by atoms with Gasteiger partial charge in [-0.1, -0.05) is 84.9 Å². The molecule has 0 aliphatic carbocycles. The lowest BCUT2D eigenvalue weighted by atomic mass is 10.1. The van der Waals surface area contributed by atoms with E-state index < -0.39 is 12.1 Å². The lowest BCUT2D eigenvalue weighted by Crippen LogP contribution is -2.31. The molecule has 0 radical (unpaired) electrons. The van der Waals surface area contributed by atoms with Crippen LogP contribution in [0, 0.1) is 0 Å². The Morgan fingerprint density at radius 3 is 1.40 bits per heavy atom.